The predicted octanol–water partition coefficient (Wildman–Crippen LogP) is 4.26. The zero-order valence-corrected chi connectivity index (χ0v) is 18.0. The van der Waals surface area contributed by atoms with Crippen LogP contribution in [-0.4, -0.2) is 42.9 Å². The zero-order chi connectivity index (χ0) is 19.4. The van der Waals surface area contributed by atoms with Gasteiger partial charge in [0, 0.05) is 41.9 Å². The Hall–Kier alpha value is -1.80. The number of amides is 2. The van der Waals surface area contributed by atoms with E-state index in [0.29, 0.717) is 35.8 Å². The van der Waals surface area contributed by atoms with E-state index in [4.69, 9.17) is 11.6 Å². The summed E-state index contributed by atoms with van der Waals surface area (Å²) in [7, 11) is 0. The lowest BCUT2D eigenvalue weighted by Gasteiger charge is -2.36. The average molecular weight is 498 g/mol. The minimum atomic E-state index is -0.157. The molecule has 3 rings (SSSR count). The molecule has 0 unspecified atom stereocenters. The largest absolute Gasteiger partial charge is 0.367 e. The molecule has 0 spiro atoms. The summed E-state index contributed by atoms with van der Waals surface area (Å²) in [5, 5.41) is 3.49. The van der Waals surface area contributed by atoms with Crippen LogP contribution < -0.4 is 10.2 Å². The molecule has 1 N–H and O–H groups in total. The van der Waals surface area contributed by atoms with Crippen LogP contribution >= 0.6 is 34.2 Å². The third kappa shape index (κ3) is 4.73. The van der Waals surface area contributed by atoms with Crippen LogP contribution in [0.15, 0.2) is 42.5 Å². The smallest absolute Gasteiger partial charge is 0.256 e. The predicted molar refractivity (Wildman–Crippen MR) is 118 cm³/mol. The highest BCUT2D eigenvalue weighted by molar-refractivity contribution is 14.1. The van der Waals surface area contributed by atoms with Crippen molar-refractivity contribution >= 4 is 57.4 Å². The molecule has 5 nitrogen and oxygen atoms in total. The minimum Gasteiger partial charge on any atom is -0.367 e. The van der Waals surface area contributed by atoms with Crippen LogP contribution in [0.1, 0.15) is 23.7 Å². The number of nitrogens with zero attached hydrogens (tertiary/aromatic N) is 2. The molecule has 1 aliphatic heterocycles. The van der Waals surface area contributed by atoms with Crippen LogP contribution in [0.3, 0.4) is 0 Å². The molecule has 0 saturated carbocycles. The van der Waals surface area contributed by atoms with Crippen molar-refractivity contribution in [1.82, 2.24) is 4.90 Å². The van der Waals surface area contributed by atoms with E-state index in [9.17, 15) is 9.59 Å². The van der Waals surface area contributed by atoms with E-state index < -0.39 is 0 Å². The monoisotopic (exact) mass is 497 g/mol. The second-order valence-corrected chi connectivity index (χ2v) is 7.89. The molecule has 0 atom stereocenters. The maximum atomic E-state index is 12.5. The van der Waals surface area contributed by atoms with Gasteiger partial charge in [0.1, 0.15) is 0 Å². The number of anilines is 2. The number of carbonyl (C=O) groups is 2. The number of hydrogen-bond donors (Lipinski definition) is 1. The van der Waals surface area contributed by atoms with Gasteiger partial charge >= 0.3 is 0 Å². The lowest BCUT2D eigenvalue weighted by atomic mass is 10.2. The first-order chi connectivity index (χ1) is 13.0. The first-order valence-corrected chi connectivity index (χ1v) is 10.3. The van der Waals surface area contributed by atoms with E-state index in [2.05, 4.69) is 32.8 Å². The number of benzene rings is 2. The van der Waals surface area contributed by atoms with Crippen LogP contribution in [0, 0.1) is 3.57 Å². The lowest BCUT2D eigenvalue weighted by Crippen LogP contribution is -2.48. The molecule has 0 radical (unpaired) electrons. The second kappa shape index (κ2) is 8.93. The quantitative estimate of drug-likeness (QED) is 0.643. The molecule has 142 valence electrons. The van der Waals surface area contributed by atoms with Gasteiger partial charge in [0.25, 0.3) is 5.91 Å². The highest BCUT2D eigenvalue weighted by Gasteiger charge is 2.21. The Morgan fingerprint density at radius 3 is 2.44 bits per heavy atom. The number of hydrogen-bond acceptors (Lipinski definition) is 3. The molecule has 0 aromatic heterocycles. The van der Waals surface area contributed by atoms with E-state index in [1.807, 2.05) is 42.2 Å². The topological polar surface area (TPSA) is 52.7 Å². The van der Waals surface area contributed by atoms with Crippen molar-refractivity contribution in [2.24, 2.45) is 0 Å². The van der Waals surface area contributed by atoms with E-state index in [1.54, 1.807) is 12.1 Å². The number of halogens is 2. The number of carbonyl (C=O) groups excluding carboxylic acids is 2. The van der Waals surface area contributed by atoms with Gasteiger partial charge < -0.3 is 15.1 Å². The summed E-state index contributed by atoms with van der Waals surface area (Å²) in [5.41, 5.74) is 2.22. The van der Waals surface area contributed by atoms with Crippen LogP contribution in [0.4, 0.5) is 11.4 Å². The molecule has 0 aliphatic carbocycles. The zero-order valence-electron chi connectivity index (χ0n) is 15.0. The van der Waals surface area contributed by atoms with E-state index >= 15 is 0 Å². The molecule has 27 heavy (non-hydrogen) atoms. The lowest BCUT2D eigenvalue weighted by molar-refractivity contribution is -0.131. The van der Waals surface area contributed by atoms with Gasteiger partial charge in [-0.25, -0.2) is 0 Å². The summed E-state index contributed by atoms with van der Waals surface area (Å²) in [4.78, 5) is 28.3. The SMILES string of the molecule is CCC(=O)N1CCN(c2ccc(NC(=O)c3ccccc3I)cc2Cl)CC1. The fourth-order valence-electron chi connectivity index (χ4n) is 3.11. The second-order valence-electron chi connectivity index (χ2n) is 6.32. The Morgan fingerprint density at radius 2 is 1.81 bits per heavy atom. The van der Waals surface area contributed by atoms with Crippen molar-refractivity contribution in [2.75, 3.05) is 36.4 Å². The van der Waals surface area contributed by atoms with Gasteiger partial charge in [-0.3, -0.25) is 9.59 Å². The van der Waals surface area contributed by atoms with Crippen molar-refractivity contribution in [3.8, 4) is 0 Å². The standard InChI is InChI=1S/C20H21ClIN3O2/c1-2-19(26)25-11-9-24(10-12-25)18-8-7-14(13-16(18)21)23-20(27)15-5-3-4-6-17(15)22/h3-8,13H,2,9-12H2,1H3,(H,23,27). The number of rotatable bonds is 4. The van der Waals surface area contributed by atoms with Crippen molar-refractivity contribution in [3.05, 3.63) is 56.6 Å². The summed E-state index contributed by atoms with van der Waals surface area (Å²) in [5.74, 6) is 0.0323. The third-order valence-electron chi connectivity index (χ3n) is 4.60. The molecule has 2 aromatic carbocycles. The first kappa shape index (κ1) is 19.9. The molecule has 2 amide bonds. The Bertz CT molecular complexity index is 851. The molecular formula is C20H21ClIN3O2. The number of nitrogens with one attached hydrogen (secondary N) is 1. The fourth-order valence-corrected chi connectivity index (χ4v) is 4.04. The van der Waals surface area contributed by atoms with Crippen LogP contribution in [0.2, 0.25) is 5.02 Å². The van der Waals surface area contributed by atoms with Gasteiger partial charge in [-0.15, -0.1) is 0 Å². The molecule has 2 aromatic rings. The van der Waals surface area contributed by atoms with Crippen molar-refractivity contribution < 1.29 is 9.59 Å². The summed E-state index contributed by atoms with van der Waals surface area (Å²) in [6.45, 7) is 4.79. The van der Waals surface area contributed by atoms with Gasteiger partial charge in [-0.1, -0.05) is 30.7 Å². The first-order valence-electron chi connectivity index (χ1n) is 8.87. The molecule has 7 heteroatoms. The van der Waals surface area contributed by atoms with Crippen molar-refractivity contribution in [3.63, 3.8) is 0 Å². The third-order valence-corrected chi connectivity index (χ3v) is 5.84. The maximum Gasteiger partial charge on any atom is 0.256 e. The fraction of sp³-hybridized carbons (Fsp3) is 0.300. The summed E-state index contributed by atoms with van der Waals surface area (Å²) in [6.07, 6.45) is 0.537. The van der Waals surface area contributed by atoms with Gasteiger partial charge in [-0.2, -0.15) is 0 Å². The molecule has 0 bridgehead atoms. The maximum absolute atomic E-state index is 12.5. The van der Waals surface area contributed by atoms with E-state index in [-0.39, 0.29) is 11.8 Å². The van der Waals surface area contributed by atoms with Gasteiger partial charge in [0.15, 0.2) is 0 Å². The van der Waals surface area contributed by atoms with Crippen LogP contribution in [0.5, 0.6) is 0 Å². The summed E-state index contributed by atoms with van der Waals surface area (Å²) >= 11 is 8.62. The normalized spacial score (nSPS) is 14.2. The summed E-state index contributed by atoms with van der Waals surface area (Å²) < 4.78 is 0.898. The average Bonchev–Trinajstić information content (AvgIpc) is 2.68. The van der Waals surface area contributed by atoms with Gasteiger partial charge in [0.2, 0.25) is 5.91 Å². The minimum absolute atomic E-state index is 0.157. The molecule has 1 aliphatic rings. The van der Waals surface area contributed by atoms with Crippen molar-refractivity contribution in [1.29, 1.82) is 0 Å². The Labute approximate surface area is 177 Å². The van der Waals surface area contributed by atoms with Crippen LogP contribution in [-0.2, 0) is 4.79 Å². The molecular weight excluding hydrogens is 477 g/mol. The van der Waals surface area contributed by atoms with E-state index in [1.165, 1.54) is 0 Å². The van der Waals surface area contributed by atoms with Gasteiger partial charge in [-0.05, 0) is 52.9 Å². The van der Waals surface area contributed by atoms with Crippen molar-refractivity contribution in [2.45, 2.75) is 13.3 Å². The van der Waals surface area contributed by atoms with Crippen LogP contribution in [0.25, 0.3) is 0 Å². The molecule has 1 heterocycles. The number of piperazine rings is 1. The van der Waals surface area contributed by atoms with Gasteiger partial charge in [0.05, 0.1) is 16.3 Å². The highest BCUT2D eigenvalue weighted by atomic mass is 127. The molecule has 1 saturated heterocycles. The highest BCUT2D eigenvalue weighted by Crippen LogP contribution is 2.30. The molecule has 1 fully saturated rings. The Kier molecular flexibility index (Phi) is 6.59. The van der Waals surface area contributed by atoms with E-state index in [0.717, 1.165) is 22.3 Å². The summed E-state index contributed by atoms with van der Waals surface area (Å²) in [6, 6.07) is 13.0. The Morgan fingerprint density at radius 1 is 1.11 bits per heavy atom. The Balaban J connectivity index is 1.67.